The molecule has 0 aromatic carbocycles. The number of nitrogens with zero attached hydrogens (tertiary/aromatic N) is 2. The molecule has 0 aromatic rings. The molecule has 4 heteroatoms. The fourth-order valence-corrected chi connectivity index (χ4v) is 3.71. The van der Waals surface area contributed by atoms with Gasteiger partial charge in [0.15, 0.2) is 0 Å². The molecule has 4 fully saturated rings. The van der Waals surface area contributed by atoms with Gasteiger partial charge in [-0.3, -0.25) is 9.69 Å². The third-order valence-corrected chi connectivity index (χ3v) is 5.09. The van der Waals surface area contributed by atoms with E-state index in [1.165, 1.54) is 19.3 Å². The number of likely N-dealkylation sites (tertiary alicyclic amines) is 2. The average molecular weight is 250 g/mol. The van der Waals surface area contributed by atoms with E-state index in [-0.39, 0.29) is 6.04 Å². The van der Waals surface area contributed by atoms with Crippen molar-refractivity contribution >= 4 is 5.91 Å². The second-order valence-electron chi connectivity index (χ2n) is 6.52. The topological polar surface area (TPSA) is 32.8 Å². The number of ether oxygens (including phenoxy) is 1. The summed E-state index contributed by atoms with van der Waals surface area (Å²) < 4.78 is 5.30. The van der Waals surface area contributed by atoms with Gasteiger partial charge in [-0.15, -0.1) is 0 Å². The van der Waals surface area contributed by atoms with Gasteiger partial charge in [0, 0.05) is 13.1 Å². The van der Waals surface area contributed by atoms with Crippen LogP contribution < -0.4 is 0 Å². The maximum atomic E-state index is 12.6. The van der Waals surface area contributed by atoms with E-state index in [0.29, 0.717) is 11.9 Å². The van der Waals surface area contributed by atoms with Gasteiger partial charge in [-0.05, 0) is 44.1 Å². The van der Waals surface area contributed by atoms with Crippen LogP contribution >= 0.6 is 0 Å². The first kappa shape index (κ1) is 11.2. The van der Waals surface area contributed by atoms with Crippen LogP contribution in [-0.4, -0.2) is 60.6 Å². The minimum Gasteiger partial charge on any atom is -0.378 e. The van der Waals surface area contributed by atoms with Crippen molar-refractivity contribution in [1.29, 1.82) is 0 Å². The van der Waals surface area contributed by atoms with E-state index < -0.39 is 0 Å². The quantitative estimate of drug-likeness (QED) is 0.740. The molecule has 100 valence electrons. The molecule has 3 heterocycles. The van der Waals surface area contributed by atoms with E-state index in [4.69, 9.17) is 4.74 Å². The Morgan fingerprint density at radius 1 is 1.22 bits per heavy atom. The number of piperidine rings is 2. The van der Waals surface area contributed by atoms with Gasteiger partial charge in [-0.25, -0.2) is 0 Å². The van der Waals surface area contributed by atoms with Crippen molar-refractivity contribution in [3.8, 4) is 0 Å². The van der Waals surface area contributed by atoms with Crippen molar-refractivity contribution < 1.29 is 9.53 Å². The monoisotopic (exact) mass is 250 g/mol. The smallest absolute Gasteiger partial charge is 0.239 e. The first-order chi connectivity index (χ1) is 8.81. The number of amides is 1. The average Bonchev–Trinajstić information content (AvgIpc) is 3.10. The zero-order valence-corrected chi connectivity index (χ0v) is 10.9. The van der Waals surface area contributed by atoms with Crippen LogP contribution in [0.2, 0.25) is 0 Å². The summed E-state index contributed by atoms with van der Waals surface area (Å²) in [5, 5.41) is 0. The molecule has 0 aromatic heterocycles. The number of hydrogen-bond acceptors (Lipinski definition) is 3. The molecule has 0 spiro atoms. The lowest BCUT2D eigenvalue weighted by molar-refractivity contribution is -0.156. The van der Waals surface area contributed by atoms with Gasteiger partial charge in [0.1, 0.15) is 0 Å². The maximum absolute atomic E-state index is 12.6. The first-order valence-electron chi connectivity index (χ1n) is 7.43. The Kier molecular flexibility index (Phi) is 2.62. The number of hydrogen-bond donors (Lipinski definition) is 0. The third-order valence-electron chi connectivity index (χ3n) is 5.09. The summed E-state index contributed by atoms with van der Waals surface area (Å²) in [4.78, 5) is 17.2. The first-order valence-corrected chi connectivity index (χ1v) is 7.43. The van der Waals surface area contributed by atoms with Crippen LogP contribution in [0.25, 0.3) is 0 Å². The lowest BCUT2D eigenvalue weighted by Gasteiger charge is -2.50. The largest absolute Gasteiger partial charge is 0.378 e. The number of carbonyl (C=O) groups excluding carboxylic acids is 1. The molecule has 0 radical (unpaired) electrons. The predicted molar refractivity (Wildman–Crippen MR) is 67.1 cm³/mol. The second-order valence-corrected chi connectivity index (χ2v) is 6.52. The van der Waals surface area contributed by atoms with E-state index in [0.717, 1.165) is 51.1 Å². The molecule has 18 heavy (non-hydrogen) atoms. The van der Waals surface area contributed by atoms with Gasteiger partial charge in [0.2, 0.25) is 5.91 Å². The Hall–Kier alpha value is -0.610. The van der Waals surface area contributed by atoms with E-state index in [1.54, 1.807) is 0 Å². The van der Waals surface area contributed by atoms with Crippen molar-refractivity contribution in [1.82, 2.24) is 9.80 Å². The van der Waals surface area contributed by atoms with Crippen LogP contribution in [0, 0.1) is 11.8 Å². The molecule has 1 aliphatic carbocycles. The van der Waals surface area contributed by atoms with Crippen molar-refractivity contribution in [2.75, 3.05) is 32.8 Å². The van der Waals surface area contributed by atoms with Crippen LogP contribution in [0.1, 0.15) is 25.7 Å². The highest BCUT2D eigenvalue weighted by molar-refractivity contribution is 5.83. The molecule has 0 unspecified atom stereocenters. The van der Waals surface area contributed by atoms with Crippen molar-refractivity contribution in [3.05, 3.63) is 0 Å². The molecular weight excluding hydrogens is 228 g/mol. The Labute approximate surface area is 108 Å². The van der Waals surface area contributed by atoms with E-state index in [9.17, 15) is 4.79 Å². The number of carbonyl (C=O) groups is 1. The summed E-state index contributed by atoms with van der Waals surface area (Å²) in [6.07, 6.45) is 5.02. The van der Waals surface area contributed by atoms with Crippen LogP contribution in [0.5, 0.6) is 0 Å². The molecular formula is C14H22N2O2. The highest BCUT2D eigenvalue weighted by atomic mass is 16.5. The molecule has 2 atom stereocenters. The highest BCUT2D eigenvalue weighted by Gasteiger charge is 2.45. The summed E-state index contributed by atoms with van der Waals surface area (Å²) in [5.41, 5.74) is 0. The number of rotatable bonds is 3. The Morgan fingerprint density at radius 3 is 2.72 bits per heavy atom. The predicted octanol–water partition coefficient (Wildman–Crippen LogP) is 0.718. The van der Waals surface area contributed by atoms with Crippen LogP contribution in [-0.2, 0) is 9.53 Å². The van der Waals surface area contributed by atoms with Crippen LogP contribution in [0.3, 0.4) is 0 Å². The van der Waals surface area contributed by atoms with Gasteiger partial charge in [-0.2, -0.15) is 0 Å². The molecule has 1 saturated carbocycles. The van der Waals surface area contributed by atoms with E-state index >= 15 is 0 Å². The van der Waals surface area contributed by atoms with Gasteiger partial charge in [-0.1, -0.05) is 0 Å². The lowest BCUT2D eigenvalue weighted by atomic mass is 9.84. The minimum atomic E-state index is 0.171. The molecule has 3 saturated heterocycles. The van der Waals surface area contributed by atoms with Crippen LogP contribution in [0.15, 0.2) is 0 Å². The van der Waals surface area contributed by atoms with E-state index in [1.807, 2.05) is 0 Å². The molecule has 0 N–H and O–H groups in total. The SMILES string of the molecule is O=C1[C@H]2C[C@H](CCN2C2COC2)CN1CC1CC1. The van der Waals surface area contributed by atoms with Gasteiger partial charge in [0.05, 0.1) is 25.3 Å². The highest BCUT2D eigenvalue weighted by Crippen LogP contribution is 2.36. The molecule has 1 amide bonds. The van der Waals surface area contributed by atoms with Crippen molar-refractivity contribution in [3.63, 3.8) is 0 Å². The normalized spacial score (nSPS) is 37.8. The summed E-state index contributed by atoms with van der Waals surface area (Å²) in [6.45, 7) is 4.82. The Balaban J connectivity index is 1.49. The lowest BCUT2D eigenvalue weighted by Crippen LogP contribution is -2.64. The van der Waals surface area contributed by atoms with Gasteiger partial charge in [0.25, 0.3) is 0 Å². The van der Waals surface area contributed by atoms with Crippen molar-refractivity contribution in [2.24, 2.45) is 11.8 Å². The zero-order valence-electron chi connectivity index (χ0n) is 10.9. The second kappa shape index (κ2) is 4.20. The summed E-state index contributed by atoms with van der Waals surface area (Å²) in [7, 11) is 0. The molecule has 4 aliphatic rings. The van der Waals surface area contributed by atoms with Gasteiger partial charge >= 0.3 is 0 Å². The summed E-state index contributed by atoms with van der Waals surface area (Å²) >= 11 is 0. The fraction of sp³-hybridized carbons (Fsp3) is 0.929. The summed E-state index contributed by atoms with van der Waals surface area (Å²) in [6, 6.07) is 0.686. The Bertz CT molecular complexity index is 352. The summed E-state index contributed by atoms with van der Waals surface area (Å²) in [5.74, 6) is 1.97. The number of fused-ring (bicyclic) bond motifs is 2. The molecule has 4 nitrogen and oxygen atoms in total. The third kappa shape index (κ3) is 1.86. The maximum Gasteiger partial charge on any atom is 0.239 e. The minimum absolute atomic E-state index is 0.171. The zero-order chi connectivity index (χ0) is 12.1. The molecule has 2 bridgehead atoms. The molecule has 3 aliphatic heterocycles. The standard InChI is InChI=1S/C14H22N2O2/c17-14-13-5-11(7-15(14)6-10-1-2-10)3-4-16(13)12-8-18-9-12/h10-13H,1-9H2/t11-,13+/m0/s1. The van der Waals surface area contributed by atoms with Crippen LogP contribution in [0.4, 0.5) is 0 Å². The Morgan fingerprint density at radius 2 is 2.06 bits per heavy atom. The van der Waals surface area contributed by atoms with E-state index in [2.05, 4.69) is 9.80 Å². The fourth-order valence-electron chi connectivity index (χ4n) is 3.71. The molecule has 4 rings (SSSR count). The van der Waals surface area contributed by atoms with Crippen molar-refractivity contribution in [2.45, 2.75) is 37.8 Å². The van der Waals surface area contributed by atoms with Gasteiger partial charge < -0.3 is 9.64 Å².